The van der Waals surface area contributed by atoms with Gasteiger partial charge in [0, 0.05) is 44.1 Å². The molecule has 12 rings (SSSR count). The molecule has 0 aliphatic heterocycles. The first-order chi connectivity index (χ1) is 30.3. The predicted octanol–water partition coefficient (Wildman–Crippen LogP) is 16.2. The number of hydrogen-bond donors (Lipinski definition) is 0. The summed E-state index contributed by atoms with van der Waals surface area (Å²) in [5, 5.41) is 2.51. The fourth-order valence-electron chi connectivity index (χ4n) is 10.9. The van der Waals surface area contributed by atoms with E-state index in [1.54, 1.807) is 0 Å². The second-order valence-corrected chi connectivity index (χ2v) is 18.1. The summed E-state index contributed by atoms with van der Waals surface area (Å²) in [6.45, 7) is 9.47. The Labute approximate surface area is 364 Å². The second-order valence-electron chi connectivity index (χ2n) is 18.1. The average Bonchev–Trinajstić information content (AvgIpc) is 3.86. The lowest BCUT2D eigenvalue weighted by Gasteiger charge is -2.31. The van der Waals surface area contributed by atoms with Crippen LogP contribution in [0.4, 0.5) is 17.1 Å². The maximum Gasteiger partial charge on any atom is 0.0543 e. The maximum atomic E-state index is 2.51. The normalized spacial score (nSPS) is 14.1. The van der Waals surface area contributed by atoms with Gasteiger partial charge in [-0.15, -0.1) is 0 Å². The number of aromatic nitrogens is 1. The van der Waals surface area contributed by atoms with Crippen LogP contribution in [0.2, 0.25) is 0 Å². The fourth-order valence-corrected chi connectivity index (χ4v) is 10.9. The summed E-state index contributed by atoms with van der Waals surface area (Å²) in [6, 6.07) is 76.5. The van der Waals surface area contributed by atoms with E-state index < -0.39 is 0 Å². The molecule has 10 aromatic rings. The zero-order valence-corrected chi connectivity index (χ0v) is 35.5. The molecular formula is C60H46N2. The van der Waals surface area contributed by atoms with Crippen LogP contribution in [-0.2, 0) is 10.8 Å². The lowest BCUT2D eigenvalue weighted by molar-refractivity contribution is 0.660. The lowest BCUT2D eigenvalue weighted by atomic mass is 9.81. The van der Waals surface area contributed by atoms with Gasteiger partial charge in [0.2, 0.25) is 0 Å². The zero-order valence-electron chi connectivity index (χ0n) is 35.5. The van der Waals surface area contributed by atoms with Crippen LogP contribution in [-0.4, -0.2) is 4.57 Å². The Morgan fingerprint density at radius 2 is 0.919 bits per heavy atom. The molecule has 9 aromatic carbocycles. The molecule has 0 atom stereocenters. The van der Waals surface area contributed by atoms with Gasteiger partial charge in [-0.1, -0.05) is 173 Å². The third-order valence-corrected chi connectivity index (χ3v) is 14.0. The second kappa shape index (κ2) is 13.5. The highest BCUT2D eigenvalue weighted by molar-refractivity contribution is 6.10. The quantitative estimate of drug-likeness (QED) is 0.163. The van der Waals surface area contributed by atoms with Crippen molar-refractivity contribution < 1.29 is 0 Å². The predicted molar refractivity (Wildman–Crippen MR) is 261 cm³/mol. The van der Waals surface area contributed by atoms with E-state index in [-0.39, 0.29) is 10.8 Å². The van der Waals surface area contributed by atoms with Crippen LogP contribution in [0.25, 0.3) is 72.0 Å². The maximum absolute atomic E-state index is 2.51. The first-order valence-electron chi connectivity index (χ1n) is 21.9. The summed E-state index contributed by atoms with van der Waals surface area (Å²) in [4.78, 5) is 2.51. The summed E-state index contributed by atoms with van der Waals surface area (Å²) >= 11 is 0. The topological polar surface area (TPSA) is 8.17 Å². The molecule has 2 heteroatoms. The standard InChI is InChI=1S/C60H46N2/c1-59(2)51-24-13-9-22-48(51)58-52(59)25-16-28-57(58)62(54-26-14-10-19-44(54)41-31-35-46-45-20-8-12-23-50(45)60(3,4)53(46)38-41)43-33-29-39(30-34-43)40-32-36-56-49(37-40)47-21-11-15-27-55(47)61(56)42-17-6-5-7-18-42/h5-38H,1-4H3. The molecule has 2 aliphatic rings. The van der Waals surface area contributed by atoms with E-state index in [9.17, 15) is 0 Å². The molecule has 0 saturated heterocycles. The molecule has 0 amide bonds. The van der Waals surface area contributed by atoms with E-state index in [1.807, 2.05) is 0 Å². The van der Waals surface area contributed by atoms with Gasteiger partial charge in [-0.25, -0.2) is 0 Å². The van der Waals surface area contributed by atoms with Crippen molar-refractivity contribution in [1.29, 1.82) is 0 Å². The van der Waals surface area contributed by atoms with Crippen LogP contribution in [0.5, 0.6) is 0 Å². The largest absolute Gasteiger partial charge is 0.309 e. The van der Waals surface area contributed by atoms with Gasteiger partial charge in [-0.05, 0) is 116 Å². The molecule has 0 fully saturated rings. The van der Waals surface area contributed by atoms with Crippen LogP contribution in [0.3, 0.4) is 0 Å². The van der Waals surface area contributed by atoms with Gasteiger partial charge in [0.25, 0.3) is 0 Å². The van der Waals surface area contributed by atoms with Crippen molar-refractivity contribution in [3.8, 4) is 50.2 Å². The van der Waals surface area contributed by atoms with Crippen molar-refractivity contribution in [2.75, 3.05) is 4.90 Å². The third kappa shape index (κ3) is 5.29. The van der Waals surface area contributed by atoms with Crippen molar-refractivity contribution in [3.05, 3.63) is 229 Å². The molecule has 1 aromatic heterocycles. The highest BCUT2D eigenvalue weighted by Crippen LogP contribution is 2.56. The Morgan fingerprint density at radius 3 is 1.73 bits per heavy atom. The molecule has 62 heavy (non-hydrogen) atoms. The molecule has 1 heterocycles. The van der Waals surface area contributed by atoms with Crippen molar-refractivity contribution in [1.82, 2.24) is 4.57 Å². The molecular weight excluding hydrogens is 749 g/mol. The van der Waals surface area contributed by atoms with Crippen LogP contribution < -0.4 is 4.90 Å². The lowest BCUT2D eigenvalue weighted by Crippen LogP contribution is -2.16. The summed E-state index contributed by atoms with van der Waals surface area (Å²) in [6.07, 6.45) is 0. The molecule has 0 N–H and O–H groups in total. The molecule has 2 nitrogen and oxygen atoms in total. The minimum absolute atomic E-state index is 0.0958. The van der Waals surface area contributed by atoms with Crippen molar-refractivity contribution in [2.24, 2.45) is 0 Å². The Balaban J connectivity index is 1.03. The number of anilines is 3. The van der Waals surface area contributed by atoms with Crippen LogP contribution in [0, 0.1) is 0 Å². The Hall–Kier alpha value is -7.42. The monoisotopic (exact) mass is 794 g/mol. The number of benzene rings is 9. The SMILES string of the molecule is CC1(C)c2ccccc2-c2ccc(-c3ccccc3N(c3ccc(-c4ccc5c(c4)c4ccccc4n5-c4ccccc4)cc3)c3cccc4c3-c3ccccc3C4(C)C)cc21. The van der Waals surface area contributed by atoms with Crippen LogP contribution >= 0.6 is 0 Å². The first kappa shape index (κ1) is 36.4. The van der Waals surface area contributed by atoms with Crippen LogP contribution in [0.15, 0.2) is 206 Å². The summed E-state index contributed by atoms with van der Waals surface area (Å²) < 4.78 is 2.38. The minimum atomic E-state index is -0.125. The van der Waals surface area contributed by atoms with E-state index in [4.69, 9.17) is 0 Å². The highest BCUT2D eigenvalue weighted by atomic mass is 15.1. The Morgan fingerprint density at radius 1 is 0.355 bits per heavy atom. The highest BCUT2D eigenvalue weighted by Gasteiger charge is 2.39. The van der Waals surface area contributed by atoms with Gasteiger partial charge < -0.3 is 9.47 Å². The van der Waals surface area contributed by atoms with E-state index in [2.05, 4.69) is 243 Å². The van der Waals surface area contributed by atoms with E-state index in [1.165, 1.54) is 99.9 Å². The van der Waals surface area contributed by atoms with Crippen molar-refractivity contribution >= 4 is 38.9 Å². The number of rotatable bonds is 6. The average molecular weight is 795 g/mol. The fraction of sp³-hybridized carbons (Fsp3) is 0.100. The van der Waals surface area contributed by atoms with Gasteiger partial charge in [-0.2, -0.15) is 0 Å². The summed E-state index contributed by atoms with van der Waals surface area (Å²) in [5.74, 6) is 0. The smallest absolute Gasteiger partial charge is 0.0543 e. The Kier molecular flexibility index (Phi) is 7.96. The number of hydrogen-bond acceptors (Lipinski definition) is 1. The summed E-state index contributed by atoms with van der Waals surface area (Å²) in [7, 11) is 0. The van der Waals surface area contributed by atoms with Crippen molar-refractivity contribution in [2.45, 2.75) is 38.5 Å². The summed E-state index contributed by atoms with van der Waals surface area (Å²) in [5.41, 5.74) is 22.4. The number of para-hydroxylation sites is 3. The molecule has 0 unspecified atom stereocenters. The van der Waals surface area contributed by atoms with E-state index in [0.717, 1.165) is 11.4 Å². The first-order valence-corrected chi connectivity index (χ1v) is 21.9. The molecule has 0 spiro atoms. The molecule has 296 valence electrons. The van der Waals surface area contributed by atoms with E-state index >= 15 is 0 Å². The van der Waals surface area contributed by atoms with Gasteiger partial charge in [0.1, 0.15) is 0 Å². The minimum Gasteiger partial charge on any atom is -0.309 e. The number of fused-ring (bicyclic) bond motifs is 9. The van der Waals surface area contributed by atoms with Gasteiger partial charge in [0.05, 0.1) is 22.4 Å². The van der Waals surface area contributed by atoms with Gasteiger partial charge >= 0.3 is 0 Å². The van der Waals surface area contributed by atoms with Crippen molar-refractivity contribution in [3.63, 3.8) is 0 Å². The third-order valence-electron chi connectivity index (χ3n) is 14.0. The van der Waals surface area contributed by atoms with Gasteiger partial charge in [0.15, 0.2) is 0 Å². The molecule has 2 aliphatic carbocycles. The Bertz CT molecular complexity index is 3400. The molecule has 0 saturated carbocycles. The zero-order chi connectivity index (χ0) is 41.7. The molecule has 0 radical (unpaired) electrons. The molecule has 0 bridgehead atoms. The van der Waals surface area contributed by atoms with Gasteiger partial charge in [-0.3, -0.25) is 0 Å². The van der Waals surface area contributed by atoms with Crippen LogP contribution in [0.1, 0.15) is 49.9 Å². The van der Waals surface area contributed by atoms with E-state index in [0.29, 0.717) is 0 Å². The number of nitrogens with zero attached hydrogens (tertiary/aromatic N) is 2.